The standard InChI is InChI=1S/C22H29N3O4S/c1-7-25(13(2)3)18-10-8-17(9-11-18)24-19(27)12-29-22(28)20-14(4)15(5)30-21(20)23-16(6)26/h8-11,13H,7,12H2,1-6H3,(H,23,26)(H,24,27). The average molecular weight is 432 g/mol. The zero-order chi connectivity index (χ0) is 22.4. The Bertz CT molecular complexity index is 919. The number of rotatable bonds is 8. The summed E-state index contributed by atoms with van der Waals surface area (Å²) in [7, 11) is 0. The van der Waals surface area contributed by atoms with Gasteiger partial charge in [-0.05, 0) is 64.4 Å². The Morgan fingerprint density at radius 2 is 1.73 bits per heavy atom. The molecule has 162 valence electrons. The first-order chi connectivity index (χ1) is 14.1. The lowest BCUT2D eigenvalue weighted by Crippen LogP contribution is -2.30. The van der Waals surface area contributed by atoms with Gasteiger partial charge in [0.2, 0.25) is 5.91 Å². The zero-order valence-electron chi connectivity index (χ0n) is 18.3. The molecule has 1 aromatic carbocycles. The van der Waals surface area contributed by atoms with E-state index < -0.39 is 18.5 Å². The molecule has 2 aromatic rings. The van der Waals surface area contributed by atoms with Gasteiger partial charge in [0.05, 0.1) is 5.56 Å². The predicted molar refractivity (Wildman–Crippen MR) is 122 cm³/mol. The van der Waals surface area contributed by atoms with Gasteiger partial charge in [0.25, 0.3) is 5.91 Å². The number of ether oxygens (including phenoxy) is 1. The van der Waals surface area contributed by atoms with Crippen LogP contribution in [0.1, 0.15) is 48.5 Å². The third kappa shape index (κ3) is 5.82. The maximum absolute atomic E-state index is 12.5. The summed E-state index contributed by atoms with van der Waals surface area (Å²) in [6.45, 7) is 11.8. The monoisotopic (exact) mass is 431 g/mol. The van der Waals surface area contributed by atoms with Gasteiger partial charge in [-0.3, -0.25) is 9.59 Å². The lowest BCUT2D eigenvalue weighted by molar-refractivity contribution is -0.119. The number of hydrogen-bond acceptors (Lipinski definition) is 6. The molecule has 0 fully saturated rings. The molecule has 30 heavy (non-hydrogen) atoms. The summed E-state index contributed by atoms with van der Waals surface area (Å²) in [6.07, 6.45) is 0. The molecule has 0 aliphatic heterocycles. The van der Waals surface area contributed by atoms with Crippen molar-refractivity contribution in [1.29, 1.82) is 0 Å². The number of nitrogens with zero attached hydrogens (tertiary/aromatic N) is 1. The molecule has 0 atom stereocenters. The molecule has 2 rings (SSSR count). The van der Waals surface area contributed by atoms with Crippen LogP contribution < -0.4 is 15.5 Å². The van der Waals surface area contributed by atoms with E-state index in [1.807, 2.05) is 31.2 Å². The first kappa shape index (κ1) is 23.4. The summed E-state index contributed by atoms with van der Waals surface area (Å²) in [4.78, 5) is 39.2. The second-order valence-corrected chi connectivity index (χ2v) is 8.44. The smallest absolute Gasteiger partial charge is 0.341 e. The second kappa shape index (κ2) is 10.2. The fourth-order valence-corrected chi connectivity index (χ4v) is 4.20. The molecule has 0 radical (unpaired) electrons. The fraction of sp³-hybridized carbons (Fsp3) is 0.409. The molecule has 0 aliphatic carbocycles. The van der Waals surface area contributed by atoms with Crippen LogP contribution in [-0.4, -0.2) is 37.0 Å². The highest BCUT2D eigenvalue weighted by Crippen LogP contribution is 2.33. The quantitative estimate of drug-likeness (QED) is 0.607. The van der Waals surface area contributed by atoms with Gasteiger partial charge >= 0.3 is 5.97 Å². The molecule has 0 bridgehead atoms. The van der Waals surface area contributed by atoms with Crippen molar-refractivity contribution in [2.24, 2.45) is 0 Å². The zero-order valence-corrected chi connectivity index (χ0v) is 19.1. The SMILES string of the molecule is CCN(c1ccc(NC(=O)COC(=O)c2c(NC(C)=O)sc(C)c2C)cc1)C(C)C. The Labute approximate surface area is 181 Å². The molecule has 1 aromatic heterocycles. The predicted octanol–water partition coefficient (Wildman–Crippen LogP) is 4.35. The molecule has 0 unspecified atom stereocenters. The van der Waals surface area contributed by atoms with Crippen LogP contribution in [0.25, 0.3) is 0 Å². The normalized spacial score (nSPS) is 10.6. The van der Waals surface area contributed by atoms with E-state index in [-0.39, 0.29) is 11.5 Å². The van der Waals surface area contributed by atoms with Crippen LogP contribution in [0.4, 0.5) is 16.4 Å². The summed E-state index contributed by atoms with van der Waals surface area (Å²) >= 11 is 1.30. The van der Waals surface area contributed by atoms with Crippen LogP contribution in [0.5, 0.6) is 0 Å². The molecule has 2 amide bonds. The molecule has 1 heterocycles. The van der Waals surface area contributed by atoms with Crippen molar-refractivity contribution in [2.45, 2.75) is 47.6 Å². The van der Waals surface area contributed by atoms with Crippen LogP contribution in [-0.2, 0) is 14.3 Å². The van der Waals surface area contributed by atoms with Crippen LogP contribution in [0.2, 0.25) is 0 Å². The van der Waals surface area contributed by atoms with Gasteiger partial charge in [0.1, 0.15) is 5.00 Å². The molecular weight excluding hydrogens is 402 g/mol. The minimum Gasteiger partial charge on any atom is -0.452 e. The van der Waals surface area contributed by atoms with Gasteiger partial charge in [-0.25, -0.2) is 4.79 Å². The number of aryl methyl sites for hydroxylation is 1. The Balaban J connectivity index is 1.98. The van der Waals surface area contributed by atoms with E-state index in [9.17, 15) is 14.4 Å². The van der Waals surface area contributed by atoms with Crippen molar-refractivity contribution >= 4 is 45.5 Å². The van der Waals surface area contributed by atoms with Gasteiger partial charge in [-0.1, -0.05) is 0 Å². The first-order valence-corrected chi connectivity index (χ1v) is 10.7. The third-order valence-electron chi connectivity index (χ3n) is 4.66. The maximum Gasteiger partial charge on any atom is 0.341 e. The number of carbonyl (C=O) groups is 3. The van der Waals surface area contributed by atoms with Crippen LogP contribution in [0, 0.1) is 13.8 Å². The van der Waals surface area contributed by atoms with Crippen molar-refractivity contribution in [3.8, 4) is 0 Å². The molecule has 8 heteroatoms. The minimum absolute atomic E-state index is 0.273. The maximum atomic E-state index is 12.5. The van der Waals surface area contributed by atoms with E-state index in [1.54, 1.807) is 6.92 Å². The van der Waals surface area contributed by atoms with E-state index in [0.717, 1.165) is 22.7 Å². The van der Waals surface area contributed by atoms with Crippen molar-refractivity contribution in [1.82, 2.24) is 0 Å². The van der Waals surface area contributed by atoms with Crippen molar-refractivity contribution < 1.29 is 19.1 Å². The molecular formula is C22H29N3O4S. The van der Waals surface area contributed by atoms with Gasteiger partial charge in [0.15, 0.2) is 6.61 Å². The number of anilines is 3. The second-order valence-electron chi connectivity index (χ2n) is 7.22. The van der Waals surface area contributed by atoms with Crippen molar-refractivity contribution in [2.75, 3.05) is 28.7 Å². The molecule has 0 spiro atoms. The summed E-state index contributed by atoms with van der Waals surface area (Å²) in [6, 6.07) is 7.91. The number of thiophene rings is 1. The minimum atomic E-state index is -0.637. The Kier molecular flexibility index (Phi) is 8.00. The molecule has 0 aliphatic rings. The summed E-state index contributed by atoms with van der Waals surface area (Å²) in [5, 5.41) is 5.81. The Morgan fingerprint density at radius 1 is 1.10 bits per heavy atom. The van der Waals surface area contributed by atoms with E-state index >= 15 is 0 Å². The Morgan fingerprint density at radius 3 is 2.27 bits per heavy atom. The summed E-state index contributed by atoms with van der Waals surface area (Å²) in [5.74, 6) is -1.34. The van der Waals surface area contributed by atoms with Crippen LogP contribution in [0.15, 0.2) is 24.3 Å². The van der Waals surface area contributed by atoms with E-state index in [2.05, 4.69) is 36.3 Å². The van der Waals surface area contributed by atoms with E-state index in [0.29, 0.717) is 16.7 Å². The average Bonchev–Trinajstić information content (AvgIpc) is 2.94. The lowest BCUT2D eigenvalue weighted by Gasteiger charge is -2.27. The molecule has 7 nitrogen and oxygen atoms in total. The van der Waals surface area contributed by atoms with Gasteiger partial charge < -0.3 is 20.3 Å². The van der Waals surface area contributed by atoms with Gasteiger partial charge in [-0.2, -0.15) is 0 Å². The number of hydrogen-bond donors (Lipinski definition) is 2. The third-order valence-corrected chi connectivity index (χ3v) is 5.78. The first-order valence-electron chi connectivity index (χ1n) is 9.85. The van der Waals surface area contributed by atoms with Crippen LogP contribution in [0.3, 0.4) is 0 Å². The number of esters is 1. The van der Waals surface area contributed by atoms with E-state index in [1.165, 1.54) is 18.3 Å². The number of benzene rings is 1. The largest absolute Gasteiger partial charge is 0.452 e. The highest BCUT2D eigenvalue weighted by molar-refractivity contribution is 7.16. The summed E-state index contributed by atoms with van der Waals surface area (Å²) in [5.41, 5.74) is 2.72. The van der Waals surface area contributed by atoms with Gasteiger partial charge in [-0.15, -0.1) is 11.3 Å². The highest BCUT2D eigenvalue weighted by Gasteiger charge is 2.22. The molecule has 0 saturated heterocycles. The molecule has 0 saturated carbocycles. The Hall–Kier alpha value is -2.87. The topological polar surface area (TPSA) is 87.7 Å². The van der Waals surface area contributed by atoms with E-state index in [4.69, 9.17) is 4.74 Å². The molecule has 2 N–H and O–H groups in total. The lowest BCUT2D eigenvalue weighted by atomic mass is 10.1. The fourth-order valence-electron chi connectivity index (χ4n) is 3.10. The van der Waals surface area contributed by atoms with Gasteiger partial charge in [0, 0.05) is 35.8 Å². The number of carbonyl (C=O) groups excluding carboxylic acids is 3. The van der Waals surface area contributed by atoms with Crippen molar-refractivity contribution in [3.05, 3.63) is 40.3 Å². The van der Waals surface area contributed by atoms with Crippen LogP contribution >= 0.6 is 11.3 Å². The summed E-state index contributed by atoms with van der Waals surface area (Å²) < 4.78 is 5.19. The van der Waals surface area contributed by atoms with Crippen molar-refractivity contribution in [3.63, 3.8) is 0 Å². The highest BCUT2D eigenvalue weighted by atomic mass is 32.1. The number of nitrogens with one attached hydrogen (secondary N) is 2. The number of amides is 2.